The van der Waals surface area contributed by atoms with Crippen molar-refractivity contribution in [3.8, 4) is 0 Å². The third-order valence-electron chi connectivity index (χ3n) is 3.09. The Morgan fingerprint density at radius 2 is 2.00 bits per heavy atom. The Morgan fingerprint density at radius 1 is 1.27 bits per heavy atom. The van der Waals surface area contributed by atoms with Gasteiger partial charge in [-0.1, -0.05) is 6.07 Å². The van der Waals surface area contributed by atoms with E-state index < -0.39 is 16.6 Å². The molecule has 0 atom stereocenters. The average Bonchev–Trinajstić information content (AvgIpc) is 2.50. The summed E-state index contributed by atoms with van der Waals surface area (Å²) in [6, 6.07) is 8.29. The van der Waals surface area contributed by atoms with E-state index in [1.807, 2.05) is 0 Å². The molecule has 0 radical (unpaired) electrons. The summed E-state index contributed by atoms with van der Waals surface area (Å²) in [5.74, 6) is -0.992. The second-order valence-electron chi connectivity index (χ2n) is 4.56. The van der Waals surface area contributed by atoms with Crippen molar-refractivity contribution in [3.63, 3.8) is 0 Å². The lowest BCUT2D eigenvalue weighted by Gasteiger charge is -2.09. The van der Waals surface area contributed by atoms with E-state index >= 15 is 0 Å². The highest BCUT2D eigenvalue weighted by molar-refractivity contribution is 7.98. The summed E-state index contributed by atoms with van der Waals surface area (Å²) in [6.45, 7) is 1.73. The van der Waals surface area contributed by atoms with Gasteiger partial charge in [0.05, 0.1) is 9.82 Å². The van der Waals surface area contributed by atoms with Crippen LogP contribution < -0.4 is 5.32 Å². The minimum atomic E-state index is -0.532. The molecule has 0 saturated heterocycles. The number of nitro groups is 1. The summed E-state index contributed by atoms with van der Waals surface area (Å²) in [5, 5.41) is 13.6. The first-order valence-corrected chi connectivity index (χ1v) is 7.55. The van der Waals surface area contributed by atoms with E-state index in [1.54, 1.807) is 19.2 Å². The molecular weight excluding hydrogens is 307 g/mol. The van der Waals surface area contributed by atoms with Crippen LogP contribution in [0.2, 0.25) is 0 Å². The van der Waals surface area contributed by atoms with Crippen LogP contribution in [0.15, 0.2) is 41.3 Å². The number of aryl methyl sites for hydroxylation is 1. The van der Waals surface area contributed by atoms with Gasteiger partial charge in [0, 0.05) is 17.3 Å². The van der Waals surface area contributed by atoms with Gasteiger partial charge in [-0.3, -0.25) is 14.9 Å². The molecule has 0 fully saturated rings. The lowest BCUT2D eigenvalue weighted by Crippen LogP contribution is -2.13. The highest BCUT2D eigenvalue weighted by Crippen LogP contribution is 2.28. The van der Waals surface area contributed by atoms with Crippen LogP contribution in [-0.4, -0.2) is 17.1 Å². The molecule has 0 unspecified atom stereocenters. The molecule has 7 heteroatoms. The highest BCUT2D eigenvalue weighted by atomic mass is 32.2. The Morgan fingerprint density at radius 3 is 2.64 bits per heavy atom. The molecule has 2 aromatic carbocycles. The van der Waals surface area contributed by atoms with E-state index in [4.69, 9.17) is 0 Å². The Labute approximate surface area is 130 Å². The van der Waals surface area contributed by atoms with Gasteiger partial charge in [0.2, 0.25) is 0 Å². The molecule has 0 aliphatic rings. The van der Waals surface area contributed by atoms with E-state index in [-0.39, 0.29) is 11.3 Å². The van der Waals surface area contributed by atoms with Gasteiger partial charge >= 0.3 is 0 Å². The van der Waals surface area contributed by atoms with Crippen molar-refractivity contribution in [2.45, 2.75) is 11.8 Å². The number of amides is 1. The van der Waals surface area contributed by atoms with Crippen molar-refractivity contribution >= 4 is 29.0 Å². The summed E-state index contributed by atoms with van der Waals surface area (Å²) >= 11 is 1.23. The van der Waals surface area contributed by atoms with E-state index in [2.05, 4.69) is 5.32 Å². The van der Waals surface area contributed by atoms with Crippen LogP contribution in [0.4, 0.5) is 15.8 Å². The molecule has 5 nitrogen and oxygen atoms in total. The smallest absolute Gasteiger partial charge is 0.283 e. The van der Waals surface area contributed by atoms with Crippen molar-refractivity contribution < 1.29 is 14.1 Å². The Kier molecular flexibility index (Phi) is 4.77. The molecule has 22 heavy (non-hydrogen) atoms. The molecule has 0 aliphatic heterocycles. The van der Waals surface area contributed by atoms with Crippen molar-refractivity contribution in [1.29, 1.82) is 0 Å². The minimum Gasteiger partial charge on any atom is -0.322 e. The van der Waals surface area contributed by atoms with Crippen LogP contribution in [-0.2, 0) is 0 Å². The predicted molar refractivity (Wildman–Crippen MR) is 84.0 cm³/mol. The van der Waals surface area contributed by atoms with Gasteiger partial charge in [-0.05, 0) is 43.0 Å². The lowest BCUT2D eigenvalue weighted by atomic mass is 10.1. The first-order valence-electron chi connectivity index (χ1n) is 6.32. The maximum atomic E-state index is 13.2. The summed E-state index contributed by atoms with van der Waals surface area (Å²) < 4.78 is 13.2. The Balaban J connectivity index is 2.32. The van der Waals surface area contributed by atoms with Crippen LogP contribution in [0.25, 0.3) is 0 Å². The summed E-state index contributed by atoms with van der Waals surface area (Å²) in [5.41, 5.74) is 1.05. The van der Waals surface area contributed by atoms with Gasteiger partial charge in [0.25, 0.3) is 11.6 Å². The largest absolute Gasteiger partial charge is 0.322 e. The number of anilines is 1. The first-order chi connectivity index (χ1) is 10.4. The number of hydrogen-bond acceptors (Lipinski definition) is 4. The van der Waals surface area contributed by atoms with Crippen LogP contribution in [0, 0.1) is 22.9 Å². The van der Waals surface area contributed by atoms with Crippen LogP contribution >= 0.6 is 11.8 Å². The quantitative estimate of drug-likeness (QED) is 0.525. The Bertz CT molecular complexity index is 750. The van der Waals surface area contributed by atoms with Crippen molar-refractivity contribution in [2.75, 3.05) is 11.6 Å². The molecule has 0 heterocycles. The molecule has 0 aromatic heterocycles. The normalized spacial score (nSPS) is 10.3. The molecule has 1 N–H and O–H groups in total. The topological polar surface area (TPSA) is 72.2 Å². The number of carbonyl (C=O) groups excluding carboxylic acids is 1. The monoisotopic (exact) mass is 320 g/mol. The fourth-order valence-corrected chi connectivity index (χ4v) is 2.44. The number of nitrogens with one attached hydrogen (secondary N) is 1. The number of thioether (sulfide) groups is 1. The van der Waals surface area contributed by atoms with E-state index in [0.717, 1.165) is 0 Å². The van der Waals surface area contributed by atoms with Crippen LogP contribution in [0.5, 0.6) is 0 Å². The average molecular weight is 320 g/mol. The number of benzene rings is 2. The zero-order valence-corrected chi connectivity index (χ0v) is 12.7. The van der Waals surface area contributed by atoms with Gasteiger partial charge in [-0.25, -0.2) is 4.39 Å². The number of nitrogens with zero attached hydrogens (tertiary/aromatic N) is 1. The fourth-order valence-electron chi connectivity index (χ4n) is 1.90. The van der Waals surface area contributed by atoms with E-state index in [1.165, 1.54) is 42.1 Å². The van der Waals surface area contributed by atoms with Crippen molar-refractivity contribution in [2.24, 2.45) is 0 Å². The van der Waals surface area contributed by atoms with Gasteiger partial charge in [0.15, 0.2) is 0 Å². The maximum Gasteiger partial charge on any atom is 0.283 e. The van der Waals surface area contributed by atoms with E-state index in [9.17, 15) is 19.3 Å². The fraction of sp³-hybridized carbons (Fsp3) is 0.133. The molecule has 2 rings (SSSR count). The highest BCUT2D eigenvalue weighted by Gasteiger charge is 2.17. The second kappa shape index (κ2) is 6.57. The van der Waals surface area contributed by atoms with Gasteiger partial charge in [-0.15, -0.1) is 11.8 Å². The minimum absolute atomic E-state index is 0.129. The molecule has 0 spiro atoms. The van der Waals surface area contributed by atoms with Crippen molar-refractivity contribution in [3.05, 3.63) is 63.5 Å². The molecule has 1 amide bonds. The number of carbonyl (C=O) groups is 1. The van der Waals surface area contributed by atoms with Gasteiger partial charge in [0.1, 0.15) is 5.82 Å². The maximum absolute atomic E-state index is 13.2. The standard InChI is InChI=1S/C15H13FN2O3S/c1-9-3-5-11(16)8-12(9)17-15(19)10-4-6-14(22-2)13(7-10)18(20)21/h3-8H,1-2H3,(H,17,19). The zero-order chi connectivity index (χ0) is 16.3. The van der Waals surface area contributed by atoms with Crippen LogP contribution in [0.3, 0.4) is 0 Å². The molecule has 0 aliphatic carbocycles. The summed E-state index contributed by atoms with van der Waals surface area (Å²) in [6.07, 6.45) is 1.72. The number of halogens is 1. The number of hydrogen-bond donors (Lipinski definition) is 1. The molecule has 0 saturated carbocycles. The van der Waals surface area contributed by atoms with Crippen LogP contribution in [0.1, 0.15) is 15.9 Å². The van der Waals surface area contributed by atoms with Crippen molar-refractivity contribution in [1.82, 2.24) is 0 Å². The second-order valence-corrected chi connectivity index (χ2v) is 5.41. The lowest BCUT2D eigenvalue weighted by molar-refractivity contribution is -0.387. The molecular formula is C15H13FN2O3S. The summed E-state index contributed by atoms with van der Waals surface area (Å²) in [7, 11) is 0. The number of rotatable bonds is 4. The number of nitro benzene ring substituents is 1. The Hall–Kier alpha value is -2.41. The zero-order valence-electron chi connectivity index (χ0n) is 11.9. The third-order valence-corrected chi connectivity index (χ3v) is 3.87. The van der Waals surface area contributed by atoms with E-state index in [0.29, 0.717) is 16.1 Å². The summed E-state index contributed by atoms with van der Waals surface area (Å²) in [4.78, 5) is 23.2. The third kappa shape index (κ3) is 3.43. The SMILES string of the molecule is CSc1ccc(C(=O)Nc2cc(F)ccc2C)cc1[N+](=O)[O-]. The van der Waals surface area contributed by atoms with Gasteiger partial charge < -0.3 is 5.32 Å². The first kappa shape index (κ1) is 16.0. The molecule has 2 aromatic rings. The van der Waals surface area contributed by atoms with Gasteiger partial charge in [-0.2, -0.15) is 0 Å². The molecule has 0 bridgehead atoms. The molecule has 114 valence electrons. The predicted octanol–water partition coefficient (Wildman–Crippen LogP) is 4.02.